The Balaban J connectivity index is 2.15. The largest absolute Gasteiger partial charge is 0.394 e. The maximum Gasteiger partial charge on any atom is 0.0830 e. The van der Waals surface area contributed by atoms with Crippen LogP contribution in [0.25, 0.3) is 0 Å². The average molecular weight is 116 g/mol. The highest BCUT2D eigenvalue weighted by molar-refractivity contribution is 4.80. The molecule has 2 nitrogen and oxygen atoms in total. The van der Waals surface area contributed by atoms with E-state index in [0.717, 1.165) is 0 Å². The summed E-state index contributed by atoms with van der Waals surface area (Å²) in [5.74, 6) is 0.657. The summed E-state index contributed by atoms with van der Waals surface area (Å²) in [6.45, 7) is 0.182. The van der Waals surface area contributed by atoms with Crippen LogP contribution in [0.2, 0.25) is 0 Å². The van der Waals surface area contributed by atoms with Gasteiger partial charge in [-0.1, -0.05) is 0 Å². The first-order valence-corrected chi connectivity index (χ1v) is 3.02. The molecule has 0 heterocycles. The van der Waals surface area contributed by atoms with E-state index < -0.39 is 0 Å². The van der Waals surface area contributed by atoms with E-state index in [9.17, 15) is 0 Å². The number of methoxy groups -OCH3 is 1. The molecule has 1 saturated carbocycles. The van der Waals surface area contributed by atoms with Gasteiger partial charge in [0.2, 0.25) is 0 Å². The van der Waals surface area contributed by atoms with Gasteiger partial charge in [0.15, 0.2) is 0 Å². The van der Waals surface area contributed by atoms with Crippen molar-refractivity contribution in [3.8, 4) is 0 Å². The first-order valence-electron chi connectivity index (χ1n) is 3.02. The van der Waals surface area contributed by atoms with Crippen molar-refractivity contribution in [1.29, 1.82) is 0 Å². The van der Waals surface area contributed by atoms with Crippen LogP contribution in [0.5, 0.6) is 0 Å². The van der Waals surface area contributed by atoms with E-state index in [4.69, 9.17) is 9.84 Å². The average Bonchev–Trinajstić information content (AvgIpc) is 2.53. The minimum absolute atomic E-state index is 0.120. The van der Waals surface area contributed by atoms with E-state index in [1.165, 1.54) is 12.8 Å². The van der Waals surface area contributed by atoms with Gasteiger partial charge in [-0.3, -0.25) is 0 Å². The Bertz CT molecular complexity index is 64.9. The summed E-state index contributed by atoms with van der Waals surface area (Å²) >= 11 is 0. The molecule has 0 aromatic heterocycles. The lowest BCUT2D eigenvalue weighted by Crippen LogP contribution is -2.17. The van der Waals surface area contributed by atoms with Gasteiger partial charge >= 0.3 is 0 Å². The van der Waals surface area contributed by atoms with Gasteiger partial charge in [-0.05, 0) is 18.8 Å². The summed E-state index contributed by atoms with van der Waals surface area (Å²) in [6, 6.07) is 0. The Kier molecular flexibility index (Phi) is 1.86. The van der Waals surface area contributed by atoms with E-state index in [1.54, 1.807) is 7.11 Å². The van der Waals surface area contributed by atoms with Crippen LogP contribution in [0.15, 0.2) is 0 Å². The summed E-state index contributed by atoms with van der Waals surface area (Å²) in [6.07, 6.45) is 2.59. The highest BCUT2D eigenvalue weighted by atomic mass is 16.5. The molecular weight excluding hydrogens is 104 g/mol. The first kappa shape index (κ1) is 6.05. The second kappa shape index (κ2) is 2.46. The zero-order chi connectivity index (χ0) is 5.98. The normalized spacial score (nSPS) is 23.2. The molecule has 48 valence electrons. The number of aliphatic hydroxyl groups is 1. The van der Waals surface area contributed by atoms with Crippen molar-refractivity contribution < 1.29 is 9.84 Å². The fraction of sp³-hybridized carbons (Fsp3) is 1.00. The molecule has 1 aliphatic carbocycles. The first-order chi connectivity index (χ1) is 3.88. The van der Waals surface area contributed by atoms with Gasteiger partial charge in [0.25, 0.3) is 0 Å². The van der Waals surface area contributed by atoms with Crippen molar-refractivity contribution in [2.75, 3.05) is 13.7 Å². The van der Waals surface area contributed by atoms with Crippen LogP contribution in [0.4, 0.5) is 0 Å². The zero-order valence-electron chi connectivity index (χ0n) is 5.13. The van der Waals surface area contributed by atoms with E-state index in [1.807, 2.05) is 0 Å². The fourth-order valence-corrected chi connectivity index (χ4v) is 0.884. The van der Waals surface area contributed by atoms with Gasteiger partial charge in [0.1, 0.15) is 0 Å². The smallest absolute Gasteiger partial charge is 0.0830 e. The van der Waals surface area contributed by atoms with Gasteiger partial charge < -0.3 is 9.84 Å². The molecule has 0 unspecified atom stereocenters. The molecule has 1 fully saturated rings. The number of rotatable bonds is 3. The van der Waals surface area contributed by atoms with Gasteiger partial charge in [-0.25, -0.2) is 0 Å². The van der Waals surface area contributed by atoms with Crippen LogP contribution < -0.4 is 0 Å². The number of hydrogen-bond acceptors (Lipinski definition) is 2. The van der Waals surface area contributed by atoms with Crippen molar-refractivity contribution in [3.05, 3.63) is 0 Å². The molecule has 1 rings (SSSR count). The van der Waals surface area contributed by atoms with Crippen LogP contribution in [-0.4, -0.2) is 24.9 Å². The van der Waals surface area contributed by atoms with Gasteiger partial charge in [-0.15, -0.1) is 0 Å². The highest BCUT2D eigenvalue weighted by Crippen LogP contribution is 2.33. The number of ether oxygens (including phenoxy) is 1. The molecule has 1 N–H and O–H groups in total. The maximum absolute atomic E-state index is 8.61. The molecule has 0 saturated heterocycles. The van der Waals surface area contributed by atoms with Crippen molar-refractivity contribution in [2.45, 2.75) is 18.9 Å². The van der Waals surface area contributed by atoms with Crippen LogP contribution in [-0.2, 0) is 4.74 Å². The lowest BCUT2D eigenvalue weighted by molar-refractivity contribution is 0.0340. The SMILES string of the molecule is CO[C@H](CO)C1CC1. The van der Waals surface area contributed by atoms with Crippen molar-refractivity contribution in [1.82, 2.24) is 0 Å². The van der Waals surface area contributed by atoms with Crippen molar-refractivity contribution in [3.63, 3.8) is 0 Å². The second-order valence-electron chi connectivity index (χ2n) is 2.29. The molecule has 0 radical (unpaired) electrons. The highest BCUT2D eigenvalue weighted by Gasteiger charge is 2.30. The van der Waals surface area contributed by atoms with Gasteiger partial charge in [-0.2, -0.15) is 0 Å². The molecule has 0 amide bonds. The topological polar surface area (TPSA) is 29.5 Å². The summed E-state index contributed by atoms with van der Waals surface area (Å²) in [4.78, 5) is 0. The molecule has 0 aliphatic heterocycles. The Morgan fingerprint density at radius 1 is 1.75 bits per heavy atom. The maximum atomic E-state index is 8.61. The van der Waals surface area contributed by atoms with E-state index >= 15 is 0 Å². The number of hydrogen-bond donors (Lipinski definition) is 1. The molecule has 1 atom stereocenters. The predicted molar refractivity (Wildman–Crippen MR) is 30.6 cm³/mol. The Labute approximate surface area is 49.5 Å². The van der Waals surface area contributed by atoms with Crippen LogP contribution >= 0.6 is 0 Å². The molecule has 1 aliphatic rings. The molecule has 0 bridgehead atoms. The fourth-order valence-electron chi connectivity index (χ4n) is 0.884. The monoisotopic (exact) mass is 116 g/mol. The van der Waals surface area contributed by atoms with Crippen molar-refractivity contribution >= 4 is 0 Å². The molecule has 8 heavy (non-hydrogen) atoms. The van der Waals surface area contributed by atoms with Gasteiger partial charge in [0, 0.05) is 7.11 Å². The number of aliphatic hydroxyl groups excluding tert-OH is 1. The standard InChI is InChI=1S/C6H12O2/c1-8-6(4-7)5-2-3-5/h5-7H,2-4H2,1H3/t6-/m1/s1. The van der Waals surface area contributed by atoms with Crippen LogP contribution in [0.3, 0.4) is 0 Å². The quantitative estimate of drug-likeness (QED) is 0.578. The zero-order valence-corrected chi connectivity index (χ0v) is 5.13. The Morgan fingerprint density at radius 2 is 2.38 bits per heavy atom. The summed E-state index contributed by atoms with van der Waals surface area (Å²) in [5.41, 5.74) is 0. The molecule has 0 aromatic rings. The minimum atomic E-state index is 0.120. The van der Waals surface area contributed by atoms with Crippen LogP contribution in [0.1, 0.15) is 12.8 Å². The third-order valence-corrected chi connectivity index (χ3v) is 1.63. The Morgan fingerprint density at radius 3 is 2.50 bits per heavy atom. The summed E-state index contributed by atoms with van der Waals surface area (Å²) < 4.78 is 4.97. The third-order valence-electron chi connectivity index (χ3n) is 1.63. The molecule has 0 aromatic carbocycles. The summed E-state index contributed by atoms with van der Waals surface area (Å²) in [5, 5.41) is 8.61. The van der Waals surface area contributed by atoms with E-state index in [0.29, 0.717) is 5.92 Å². The summed E-state index contributed by atoms with van der Waals surface area (Å²) in [7, 11) is 1.65. The minimum Gasteiger partial charge on any atom is -0.394 e. The molecule has 0 spiro atoms. The molecular formula is C6H12O2. The van der Waals surface area contributed by atoms with E-state index in [-0.39, 0.29) is 12.7 Å². The lowest BCUT2D eigenvalue weighted by atomic mass is 10.2. The van der Waals surface area contributed by atoms with Crippen LogP contribution in [0, 0.1) is 5.92 Å². The lowest BCUT2D eigenvalue weighted by Gasteiger charge is -2.08. The Hall–Kier alpha value is -0.0800. The third kappa shape index (κ3) is 1.20. The van der Waals surface area contributed by atoms with Gasteiger partial charge in [0.05, 0.1) is 12.7 Å². The predicted octanol–water partition coefficient (Wildman–Crippen LogP) is 0.404. The second-order valence-corrected chi connectivity index (χ2v) is 2.29. The van der Waals surface area contributed by atoms with E-state index in [2.05, 4.69) is 0 Å². The molecule has 2 heteroatoms. The van der Waals surface area contributed by atoms with Crippen molar-refractivity contribution in [2.24, 2.45) is 5.92 Å².